The molecule has 1 amide bonds. The largest absolute Gasteiger partial charge is 0.486 e. The molecule has 4 rings (SSSR count). The average Bonchev–Trinajstić information content (AvgIpc) is 3.26. The summed E-state index contributed by atoms with van der Waals surface area (Å²) in [5, 5.41) is 4.05. The summed E-state index contributed by atoms with van der Waals surface area (Å²) in [6, 6.07) is 5.90. The lowest BCUT2D eigenvalue weighted by Crippen LogP contribution is -2.54. The van der Waals surface area contributed by atoms with Gasteiger partial charge in [-0.25, -0.2) is 0 Å². The van der Waals surface area contributed by atoms with Crippen LogP contribution in [-0.2, 0) is 16.0 Å². The number of amides is 1. The number of hydrogen-bond acceptors (Lipinski definition) is 5. The van der Waals surface area contributed by atoms with Gasteiger partial charge in [0.2, 0.25) is 5.91 Å². The van der Waals surface area contributed by atoms with Gasteiger partial charge in [0.25, 0.3) is 0 Å². The Hall–Kier alpha value is -1.92. The predicted octanol–water partition coefficient (Wildman–Crippen LogP) is 2.52. The molecule has 0 spiro atoms. The van der Waals surface area contributed by atoms with Crippen LogP contribution in [0.25, 0.3) is 0 Å². The van der Waals surface area contributed by atoms with Crippen LogP contribution in [0.2, 0.25) is 0 Å². The summed E-state index contributed by atoms with van der Waals surface area (Å²) in [5.74, 6) is 0.946. The number of carbonyl (C=O) groups is 1. The van der Waals surface area contributed by atoms with Crippen LogP contribution in [0, 0.1) is 0 Å². The van der Waals surface area contributed by atoms with Crippen molar-refractivity contribution in [3.63, 3.8) is 0 Å². The van der Waals surface area contributed by atoms with Crippen molar-refractivity contribution in [1.82, 2.24) is 9.88 Å². The number of nitrogens with zero attached hydrogens (tertiary/aromatic N) is 2. The number of thiophene rings is 1. The van der Waals surface area contributed by atoms with E-state index in [1.54, 1.807) is 23.7 Å². The molecule has 2 aromatic heterocycles. The van der Waals surface area contributed by atoms with E-state index in [4.69, 9.17) is 9.47 Å². The second kappa shape index (κ2) is 6.91. The molecule has 2 fully saturated rings. The number of hydrogen-bond donors (Lipinski definition) is 0. The van der Waals surface area contributed by atoms with Crippen LogP contribution in [0.15, 0.2) is 41.4 Å². The predicted molar refractivity (Wildman–Crippen MR) is 91.2 cm³/mol. The minimum atomic E-state index is -0.0506. The van der Waals surface area contributed by atoms with E-state index in [0.29, 0.717) is 19.6 Å². The van der Waals surface area contributed by atoms with E-state index in [2.05, 4.69) is 4.98 Å². The van der Waals surface area contributed by atoms with Crippen LogP contribution < -0.4 is 4.74 Å². The van der Waals surface area contributed by atoms with Gasteiger partial charge in [-0.05, 0) is 47.4 Å². The van der Waals surface area contributed by atoms with E-state index < -0.39 is 0 Å². The Kier molecular flexibility index (Phi) is 4.49. The van der Waals surface area contributed by atoms with E-state index >= 15 is 0 Å². The number of carbonyl (C=O) groups excluding carboxylic acids is 1. The molecule has 1 saturated heterocycles. The topological polar surface area (TPSA) is 51.7 Å². The van der Waals surface area contributed by atoms with Gasteiger partial charge >= 0.3 is 0 Å². The van der Waals surface area contributed by atoms with Crippen molar-refractivity contribution in [2.75, 3.05) is 13.2 Å². The van der Waals surface area contributed by atoms with Crippen LogP contribution in [-0.4, -0.2) is 47.2 Å². The van der Waals surface area contributed by atoms with Gasteiger partial charge in [-0.2, -0.15) is 11.3 Å². The quantitative estimate of drug-likeness (QED) is 0.855. The van der Waals surface area contributed by atoms with Gasteiger partial charge in [-0.3, -0.25) is 9.78 Å². The molecular formula is C18H20N2O3S. The van der Waals surface area contributed by atoms with Crippen LogP contribution >= 0.6 is 11.3 Å². The molecule has 126 valence electrons. The smallest absolute Gasteiger partial charge is 0.227 e. The lowest BCUT2D eigenvalue weighted by molar-refractivity contribution is -0.146. The summed E-state index contributed by atoms with van der Waals surface area (Å²) in [5.41, 5.74) is 1.09. The van der Waals surface area contributed by atoms with Crippen LogP contribution in [0.1, 0.15) is 18.4 Å². The highest BCUT2D eigenvalue weighted by molar-refractivity contribution is 7.08. The van der Waals surface area contributed by atoms with Gasteiger partial charge in [0.15, 0.2) is 0 Å². The molecule has 0 N–H and O–H groups in total. The molecule has 0 aromatic carbocycles. The third-order valence-electron chi connectivity index (χ3n) is 4.71. The Bertz CT molecular complexity index is 677. The minimum Gasteiger partial charge on any atom is -0.486 e. The van der Waals surface area contributed by atoms with E-state index in [1.165, 1.54) is 0 Å². The first kappa shape index (κ1) is 15.6. The summed E-state index contributed by atoms with van der Waals surface area (Å²) in [7, 11) is 0. The SMILES string of the molecule is O=C(Cc1ccsc1)N1CCO[C@H]2[C@H](Oc3cccnc3)CC[C@@H]21. The van der Waals surface area contributed by atoms with Crippen molar-refractivity contribution in [2.24, 2.45) is 0 Å². The van der Waals surface area contributed by atoms with E-state index in [0.717, 1.165) is 24.2 Å². The molecule has 1 saturated carbocycles. The molecule has 0 unspecified atom stereocenters. The average molecular weight is 344 g/mol. The maximum atomic E-state index is 12.7. The monoisotopic (exact) mass is 344 g/mol. The molecule has 24 heavy (non-hydrogen) atoms. The zero-order chi connectivity index (χ0) is 16.4. The molecule has 1 aliphatic carbocycles. The van der Waals surface area contributed by atoms with Crippen molar-refractivity contribution >= 4 is 17.2 Å². The first-order valence-corrected chi connectivity index (χ1v) is 9.24. The summed E-state index contributed by atoms with van der Waals surface area (Å²) >= 11 is 1.63. The molecule has 0 bridgehead atoms. The third-order valence-corrected chi connectivity index (χ3v) is 5.45. The molecule has 1 aliphatic heterocycles. The Balaban J connectivity index is 1.43. The number of pyridine rings is 1. The van der Waals surface area contributed by atoms with Crippen molar-refractivity contribution in [1.29, 1.82) is 0 Å². The van der Waals surface area contributed by atoms with Crippen molar-refractivity contribution < 1.29 is 14.3 Å². The summed E-state index contributed by atoms with van der Waals surface area (Å²) < 4.78 is 12.0. The van der Waals surface area contributed by atoms with Crippen LogP contribution in [0.5, 0.6) is 5.75 Å². The van der Waals surface area contributed by atoms with Gasteiger partial charge in [0.1, 0.15) is 18.0 Å². The number of rotatable bonds is 4. The van der Waals surface area contributed by atoms with Gasteiger partial charge < -0.3 is 14.4 Å². The zero-order valence-corrected chi connectivity index (χ0v) is 14.2. The number of morpholine rings is 1. The standard InChI is InChI=1S/C18H20N2O3S/c21-17(10-13-5-9-24-12-13)20-7-8-22-18-15(20)3-4-16(18)23-14-2-1-6-19-11-14/h1-2,5-6,9,11-12,15-16,18H,3-4,7-8,10H2/t15-,16+,18+/m0/s1. The number of fused-ring (bicyclic) bond motifs is 1. The van der Waals surface area contributed by atoms with E-state index in [9.17, 15) is 4.79 Å². The minimum absolute atomic E-state index is 0.0176. The molecule has 2 aromatic rings. The number of ether oxygens (including phenoxy) is 2. The molecule has 2 aliphatic rings. The molecule has 0 radical (unpaired) electrons. The Morgan fingerprint density at radius 2 is 2.38 bits per heavy atom. The van der Waals surface area contributed by atoms with E-state index in [1.807, 2.05) is 33.9 Å². The van der Waals surface area contributed by atoms with Crippen LogP contribution in [0.3, 0.4) is 0 Å². The number of aromatic nitrogens is 1. The fourth-order valence-corrected chi connectivity index (χ4v) is 4.28. The van der Waals surface area contributed by atoms with Crippen molar-refractivity contribution in [3.8, 4) is 5.75 Å². The third kappa shape index (κ3) is 3.16. The molecular weight excluding hydrogens is 324 g/mol. The second-order valence-electron chi connectivity index (χ2n) is 6.22. The van der Waals surface area contributed by atoms with Gasteiger partial charge in [-0.1, -0.05) is 0 Å². The fourth-order valence-electron chi connectivity index (χ4n) is 3.61. The fraction of sp³-hybridized carbons (Fsp3) is 0.444. The first-order valence-electron chi connectivity index (χ1n) is 8.30. The van der Waals surface area contributed by atoms with Gasteiger partial charge in [0, 0.05) is 12.7 Å². The molecule has 3 atom stereocenters. The molecule has 6 heteroatoms. The summed E-state index contributed by atoms with van der Waals surface area (Å²) in [6.07, 6.45) is 5.67. The highest BCUT2D eigenvalue weighted by Gasteiger charge is 2.45. The highest BCUT2D eigenvalue weighted by atomic mass is 32.1. The van der Waals surface area contributed by atoms with Crippen LogP contribution in [0.4, 0.5) is 0 Å². The lowest BCUT2D eigenvalue weighted by Gasteiger charge is -2.39. The Morgan fingerprint density at radius 3 is 3.17 bits per heavy atom. The van der Waals surface area contributed by atoms with Gasteiger partial charge in [0.05, 0.1) is 25.3 Å². The van der Waals surface area contributed by atoms with Gasteiger partial charge in [-0.15, -0.1) is 0 Å². The Morgan fingerprint density at radius 1 is 1.42 bits per heavy atom. The summed E-state index contributed by atoms with van der Waals surface area (Å²) in [4.78, 5) is 18.8. The normalized spacial score (nSPS) is 26.2. The lowest BCUT2D eigenvalue weighted by atomic mass is 10.1. The van der Waals surface area contributed by atoms with Crippen molar-refractivity contribution in [2.45, 2.75) is 37.5 Å². The maximum absolute atomic E-state index is 12.7. The van der Waals surface area contributed by atoms with E-state index in [-0.39, 0.29) is 24.2 Å². The second-order valence-corrected chi connectivity index (χ2v) is 7.00. The zero-order valence-electron chi connectivity index (χ0n) is 13.3. The Labute approximate surface area is 145 Å². The molecule has 5 nitrogen and oxygen atoms in total. The maximum Gasteiger partial charge on any atom is 0.227 e. The first-order chi connectivity index (χ1) is 11.8. The summed E-state index contributed by atoms with van der Waals surface area (Å²) in [6.45, 7) is 1.24. The molecule has 3 heterocycles. The highest BCUT2D eigenvalue weighted by Crippen LogP contribution is 2.33. The van der Waals surface area contributed by atoms with Crippen molar-refractivity contribution in [3.05, 3.63) is 46.9 Å².